The van der Waals surface area contributed by atoms with Crippen LogP contribution in [0.4, 0.5) is 0 Å². The molecule has 0 atom stereocenters. The maximum atomic E-state index is 12.5. The first-order chi connectivity index (χ1) is 12.7. The lowest BCUT2D eigenvalue weighted by Crippen LogP contribution is -2.47. The van der Waals surface area contributed by atoms with Crippen LogP contribution in [0.2, 0.25) is 0 Å². The van der Waals surface area contributed by atoms with Crippen molar-refractivity contribution in [3.63, 3.8) is 0 Å². The Labute approximate surface area is 156 Å². The molecule has 26 heavy (non-hydrogen) atoms. The van der Waals surface area contributed by atoms with Crippen LogP contribution in [0.1, 0.15) is 55.3 Å². The van der Waals surface area contributed by atoms with Crippen molar-refractivity contribution in [2.24, 2.45) is 5.92 Å². The fourth-order valence-electron chi connectivity index (χ4n) is 4.01. The van der Waals surface area contributed by atoms with E-state index in [1.807, 2.05) is 18.2 Å². The lowest BCUT2D eigenvalue weighted by molar-refractivity contribution is -0.127. The number of ether oxygens (including phenoxy) is 1. The van der Waals surface area contributed by atoms with Gasteiger partial charge in [0.25, 0.3) is 0 Å². The van der Waals surface area contributed by atoms with E-state index in [4.69, 9.17) is 4.74 Å². The molecule has 1 saturated heterocycles. The zero-order valence-corrected chi connectivity index (χ0v) is 15.7. The molecule has 1 N–H and O–H groups in total. The van der Waals surface area contributed by atoms with E-state index in [1.165, 1.54) is 19.3 Å². The molecule has 1 heterocycles. The third kappa shape index (κ3) is 5.07. The summed E-state index contributed by atoms with van der Waals surface area (Å²) in [7, 11) is 1.61. The molecule has 5 heteroatoms. The molecule has 0 unspecified atom stereocenters. The molecular formula is C21H30N2O3. The number of piperidine rings is 1. The quantitative estimate of drug-likeness (QED) is 0.794. The molecular weight excluding hydrogens is 328 g/mol. The minimum atomic E-state index is 0.119. The Balaban J connectivity index is 1.43. The minimum Gasteiger partial charge on any atom is -0.497 e. The van der Waals surface area contributed by atoms with Crippen LogP contribution in [0.3, 0.4) is 0 Å². The molecule has 0 radical (unpaired) electrons. The van der Waals surface area contributed by atoms with E-state index < -0.39 is 0 Å². The molecule has 1 aromatic carbocycles. The summed E-state index contributed by atoms with van der Waals surface area (Å²) in [6, 6.07) is 7.57. The van der Waals surface area contributed by atoms with Crippen molar-refractivity contribution in [1.29, 1.82) is 0 Å². The highest BCUT2D eigenvalue weighted by atomic mass is 16.5. The van der Waals surface area contributed by atoms with Crippen LogP contribution >= 0.6 is 0 Å². The first-order valence-electron chi connectivity index (χ1n) is 9.85. The van der Waals surface area contributed by atoms with E-state index in [2.05, 4.69) is 10.2 Å². The van der Waals surface area contributed by atoms with Crippen molar-refractivity contribution in [2.45, 2.75) is 51.0 Å². The van der Waals surface area contributed by atoms with Crippen molar-refractivity contribution in [2.75, 3.05) is 26.7 Å². The van der Waals surface area contributed by atoms with Crippen molar-refractivity contribution in [1.82, 2.24) is 10.2 Å². The number of methoxy groups -OCH3 is 1. The van der Waals surface area contributed by atoms with Crippen molar-refractivity contribution >= 4 is 11.7 Å². The van der Waals surface area contributed by atoms with Gasteiger partial charge in [0.1, 0.15) is 5.75 Å². The van der Waals surface area contributed by atoms with Gasteiger partial charge in [-0.3, -0.25) is 14.5 Å². The fraction of sp³-hybridized carbons (Fsp3) is 0.619. The highest BCUT2D eigenvalue weighted by molar-refractivity contribution is 5.97. The summed E-state index contributed by atoms with van der Waals surface area (Å²) >= 11 is 0. The molecule has 1 aliphatic carbocycles. The largest absolute Gasteiger partial charge is 0.497 e. The number of amides is 1. The summed E-state index contributed by atoms with van der Waals surface area (Å²) in [5.41, 5.74) is 0.692. The van der Waals surface area contributed by atoms with Gasteiger partial charge in [0.15, 0.2) is 5.78 Å². The number of ketones is 1. The second-order valence-electron chi connectivity index (χ2n) is 7.55. The van der Waals surface area contributed by atoms with Gasteiger partial charge in [-0.25, -0.2) is 0 Å². The Bertz CT molecular complexity index is 617. The molecule has 0 spiro atoms. The monoisotopic (exact) mass is 358 g/mol. The van der Waals surface area contributed by atoms with E-state index in [0.29, 0.717) is 17.9 Å². The number of hydrogen-bond acceptors (Lipinski definition) is 4. The van der Waals surface area contributed by atoms with Gasteiger partial charge < -0.3 is 10.1 Å². The summed E-state index contributed by atoms with van der Waals surface area (Å²) in [5.74, 6) is 1.29. The molecule has 1 aliphatic heterocycles. The van der Waals surface area contributed by atoms with Crippen LogP contribution in [-0.4, -0.2) is 49.4 Å². The van der Waals surface area contributed by atoms with E-state index in [-0.39, 0.29) is 23.7 Å². The average molecular weight is 358 g/mol. The second kappa shape index (κ2) is 9.17. The number of carbonyl (C=O) groups is 2. The molecule has 5 nitrogen and oxygen atoms in total. The highest BCUT2D eigenvalue weighted by Gasteiger charge is 2.26. The van der Waals surface area contributed by atoms with Crippen molar-refractivity contribution in [3.8, 4) is 5.75 Å². The lowest BCUT2D eigenvalue weighted by atomic mass is 9.88. The van der Waals surface area contributed by atoms with Gasteiger partial charge >= 0.3 is 0 Å². The van der Waals surface area contributed by atoms with Crippen LogP contribution in [0.25, 0.3) is 0 Å². The Morgan fingerprint density at radius 2 is 1.85 bits per heavy atom. The third-order valence-corrected chi connectivity index (χ3v) is 5.67. The summed E-state index contributed by atoms with van der Waals surface area (Å²) in [5, 5.41) is 3.24. The first kappa shape index (κ1) is 18.9. The summed E-state index contributed by atoms with van der Waals surface area (Å²) < 4.78 is 5.19. The first-order valence-corrected chi connectivity index (χ1v) is 9.85. The van der Waals surface area contributed by atoms with Gasteiger partial charge in [0.05, 0.1) is 13.7 Å². The zero-order valence-electron chi connectivity index (χ0n) is 15.7. The van der Waals surface area contributed by atoms with Gasteiger partial charge in [0, 0.05) is 30.6 Å². The van der Waals surface area contributed by atoms with Crippen LogP contribution in [-0.2, 0) is 4.79 Å². The van der Waals surface area contributed by atoms with Crippen LogP contribution in [0.15, 0.2) is 24.3 Å². The van der Waals surface area contributed by atoms with Gasteiger partial charge in [-0.05, 0) is 37.8 Å². The number of carbonyl (C=O) groups excluding carboxylic acids is 2. The molecule has 1 amide bonds. The number of rotatable bonds is 6. The predicted octanol–water partition coefficient (Wildman–Crippen LogP) is 3.04. The summed E-state index contributed by atoms with van der Waals surface area (Å²) in [6.07, 6.45) is 7.56. The van der Waals surface area contributed by atoms with Crippen LogP contribution in [0, 0.1) is 5.92 Å². The van der Waals surface area contributed by atoms with Crippen LogP contribution < -0.4 is 10.1 Å². The normalized spacial score (nSPS) is 19.9. The second-order valence-corrected chi connectivity index (χ2v) is 7.55. The van der Waals surface area contributed by atoms with E-state index in [1.54, 1.807) is 13.2 Å². The number of hydrogen-bond donors (Lipinski definition) is 1. The predicted molar refractivity (Wildman–Crippen MR) is 102 cm³/mol. The van der Waals surface area contributed by atoms with Gasteiger partial charge in [-0.2, -0.15) is 0 Å². The number of likely N-dealkylation sites (tertiary alicyclic amines) is 1. The third-order valence-electron chi connectivity index (χ3n) is 5.67. The molecule has 142 valence electrons. The minimum absolute atomic E-state index is 0.119. The van der Waals surface area contributed by atoms with E-state index in [0.717, 1.165) is 38.8 Å². The van der Waals surface area contributed by atoms with Gasteiger partial charge in [-0.15, -0.1) is 0 Å². The Hall–Kier alpha value is -1.88. The average Bonchev–Trinajstić information content (AvgIpc) is 2.70. The topological polar surface area (TPSA) is 58.6 Å². The summed E-state index contributed by atoms with van der Waals surface area (Å²) in [6.45, 7) is 2.13. The summed E-state index contributed by atoms with van der Waals surface area (Å²) in [4.78, 5) is 27.0. The molecule has 2 fully saturated rings. The molecule has 3 rings (SSSR count). The van der Waals surface area contributed by atoms with E-state index in [9.17, 15) is 9.59 Å². The van der Waals surface area contributed by atoms with Gasteiger partial charge in [0.2, 0.25) is 5.91 Å². The Morgan fingerprint density at radius 1 is 1.12 bits per heavy atom. The number of benzene rings is 1. The number of Topliss-reactive ketones (excluding diaryl/α,β-unsaturated/α-hetero) is 1. The maximum absolute atomic E-state index is 12.5. The Morgan fingerprint density at radius 3 is 2.54 bits per heavy atom. The standard InChI is InChI=1S/C21H30N2O3/c1-26-19-9-5-8-17(14-19)20(24)15-23-12-10-18(11-13-23)22-21(25)16-6-3-2-4-7-16/h5,8-9,14,16,18H,2-4,6-7,10-13,15H2,1H3,(H,22,25). The Kier molecular flexibility index (Phi) is 6.67. The maximum Gasteiger partial charge on any atom is 0.223 e. The SMILES string of the molecule is COc1cccc(C(=O)CN2CCC(NC(=O)C3CCCCC3)CC2)c1. The molecule has 1 aromatic rings. The van der Waals surface area contributed by atoms with Gasteiger partial charge in [-0.1, -0.05) is 31.4 Å². The number of nitrogens with one attached hydrogen (secondary N) is 1. The van der Waals surface area contributed by atoms with Crippen molar-refractivity contribution < 1.29 is 14.3 Å². The lowest BCUT2D eigenvalue weighted by Gasteiger charge is -2.33. The van der Waals surface area contributed by atoms with Crippen LogP contribution in [0.5, 0.6) is 5.75 Å². The molecule has 1 saturated carbocycles. The molecule has 2 aliphatic rings. The highest BCUT2D eigenvalue weighted by Crippen LogP contribution is 2.24. The smallest absolute Gasteiger partial charge is 0.223 e. The molecule has 0 bridgehead atoms. The van der Waals surface area contributed by atoms with E-state index >= 15 is 0 Å². The molecule has 0 aromatic heterocycles. The zero-order chi connectivity index (χ0) is 18.4. The van der Waals surface area contributed by atoms with Crippen molar-refractivity contribution in [3.05, 3.63) is 29.8 Å². The fourth-order valence-corrected chi connectivity index (χ4v) is 4.01. The number of nitrogens with zero attached hydrogens (tertiary/aromatic N) is 1.